The zero-order chi connectivity index (χ0) is 37.8. The number of hydrogen-bond donors (Lipinski definition) is 3. The van der Waals surface area contributed by atoms with E-state index in [9.17, 15) is 24.3 Å². The number of ketones is 2. The van der Waals surface area contributed by atoms with Crippen LogP contribution in [-0.2, 0) is 21.0 Å². The topological polar surface area (TPSA) is 162 Å². The molecule has 2 amide bonds. The van der Waals surface area contributed by atoms with E-state index in [1.807, 2.05) is 60.7 Å². The summed E-state index contributed by atoms with van der Waals surface area (Å²) in [6.45, 7) is 0.0610. The first-order chi connectivity index (χ1) is 26.8. The Hall–Kier alpha value is -7.57. The molecule has 2 aliphatic carbocycles. The minimum absolute atomic E-state index is 0.0385. The van der Waals surface area contributed by atoms with Gasteiger partial charge in [-0.3, -0.25) is 39.8 Å². The smallest absolute Gasteiger partial charge is 0.261 e. The maximum Gasteiger partial charge on any atom is 0.261 e. The SMILES string of the molecule is CN1C(=O)C2=CC(=O)C(=NNc3ccc4c(c3)C(=O)c3cc(N=Nc5c(O)c(CONc6ccccc6)cc6ccccc56)ccc3-4)c3cccc(c32)C1=O. The molecule has 6 aromatic carbocycles. The van der Waals surface area contributed by atoms with Gasteiger partial charge in [0.25, 0.3) is 11.8 Å². The van der Waals surface area contributed by atoms with Crippen LogP contribution in [0.5, 0.6) is 5.75 Å². The zero-order valence-corrected chi connectivity index (χ0v) is 29.0. The molecule has 0 radical (unpaired) electrons. The summed E-state index contributed by atoms with van der Waals surface area (Å²) in [6.07, 6.45) is 1.20. The second kappa shape index (κ2) is 13.1. The summed E-state index contributed by atoms with van der Waals surface area (Å²) in [4.78, 5) is 59.2. The molecule has 0 saturated heterocycles. The molecule has 9 rings (SSSR count). The molecule has 3 N–H and O–H groups in total. The van der Waals surface area contributed by atoms with Gasteiger partial charge in [0.05, 0.1) is 22.6 Å². The van der Waals surface area contributed by atoms with Gasteiger partial charge in [0.15, 0.2) is 5.78 Å². The highest BCUT2D eigenvalue weighted by molar-refractivity contribution is 6.56. The number of likely N-dealkylation sites (N-methyl/N-ethyl adjacent to an activating group) is 1. The highest BCUT2D eigenvalue weighted by Crippen LogP contribution is 2.42. The second-order valence-electron chi connectivity index (χ2n) is 13.1. The lowest BCUT2D eigenvalue weighted by molar-refractivity contribution is -0.122. The van der Waals surface area contributed by atoms with E-state index in [0.29, 0.717) is 50.1 Å². The van der Waals surface area contributed by atoms with Crippen LogP contribution in [0.4, 0.5) is 22.7 Å². The van der Waals surface area contributed by atoms with Crippen LogP contribution in [0.1, 0.15) is 43.0 Å². The number of nitrogens with one attached hydrogen (secondary N) is 2. The van der Waals surface area contributed by atoms with Gasteiger partial charge in [0, 0.05) is 51.9 Å². The Morgan fingerprint density at radius 1 is 0.691 bits per heavy atom. The van der Waals surface area contributed by atoms with Crippen LogP contribution in [0.3, 0.4) is 0 Å². The molecule has 0 bridgehead atoms. The van der Waals surface area contributed by atoms with Crippen LogP contribution in [0.15, 0.2) is 137 Å². The van der Waals surface area contributed by atoms with Crippen molar-refractivity contribution in [3.05, 3.63) is 155 Å². The van der Waals surface area contributed by atoms with Gasteiger partial charge >= 0.3 is 0 Å². The average molecular weight is 725 g/mol. The Balaban J connectivity index is 0.966. The zero-order valence-electron chi connectivity index (χ0n) is 29.0. The van der Waals surface area contributed by atoms with Crippen LogP contribution < -0.4 is 10.9 Å². The molecule has 12 heteroatoms. The summed E-state index contributed by atoms with van der Waals surface area (Å²) in [5.74, 6) is -1.79. The first-order valence-corrected chi connectivity index (χ1v) is 17.2. The number of phenolic OH excluding ortho intramolecular Hbond substituents is 1. The van der Waals surface area contributed by atoms with Crippen molar-refractivity contribution in [3.8, 4) is 16.9 Å². The fraction of sp³-hybridized carbons (Fsp3) is 0.0465. The lowest BCUT2D eigenvalue weighted by Gasteiger charge is -2.29. The number of fused-ring (bicyclic) bond motifs is 4. The molecule has 0 saturated carbocycles. The third-order valence-corrected chi connectivity index (χ3v) is 9.80. The van der Waals surface area contributed by atoms with E-state index in [-0.39, 0.29) is 35.1 Å². The van der Waals surface area contributed by atoms with Crippen LogP contribution in [-0.4, -0.2) is 46.1 Å². The molecular weight excluding hydrogens is 697 g/mol. The standard InChI is InChI=1S/C43H28N6O6/c1-49-42(53)32-13-7-12-31-37(32)35(43(49)54)21-36(50)38(31)46-44-26-14-16-29-30-17-15-27(20-34(30)41(52)33(29)19-26)45-47-39-28-11-6-5-8-23(28)18-24(40(39)51)22-55-48-25-9-3-2-4-10-25/h2-21,44,48,51H,22H2,1H3. The Kier molecular flexibility index (Phi) is 7.94. The van der Waals surface area contributed by atoms with Gasteiger partial charge in [-0.25, -0.2) is 0 Å². The molecule has 0 spiro atoms. The number of amides is 2. The normalized spacial score (nSPS) is 15.0. The van der Waals surface area contributed by atoms with Gasteiger partial charge in [0.1, 0.15) is 23.8 Å². The average Bonchev–Trinajstić information content (AvgIpc) is 3.48. The Morgan fingerprint density at radius 2 is 1.44 bits per heavy atom. The van der Waals surface area contributed by atoms with E-state index in [1.165, 1.54) is 13.1 Å². The molecule has 0 unspecified atom stereocenters. The van der Waals surface area contributed by atoms with Crippen molar-refractivity contribution < 1.29 is 29.1 Å². The number of phenols is 1. The summed E-state index contributed by atoms with van der Waals surface area (Å²) >= 11 is 0. The lowest BCUT2D eigenvalue weighted by atomic mass is 9.82. The van der Waals surface area contributed by atoms with Crippen LogP contribution >= 0.6 is 0 Å². The Labute approximate surface area is 313 Å². The number of azo groups is 1. The molecule has 0 fully saturated rings. The number of aromatic hydroxyl groups is 1. The number of benzene rings is 6. The monoisotopic (exact) mass is 724 g/mol. The summed E-state index contributed by atoms with van der Waals surface area (Å²) in [7, 11) is 1.38. The van der Waals surface area contributed by atoms with Crippen LogP contribution in [0.2, 0.25) is 0 Å². The molecule has 0 aromatic heterocycles. The van der Waals surface area contributed by atoms with Gasteiger partial charge in [0.2, 0.25) is 5.78 Å². The number of carbonyl (C=O) groups excluding carboxylic acids is 4. The van der Waals surface area contributed by atoms with E-state index >= 15 is 0 Å². The van der Waals surface area contributed by atoms with Crippen molar-refractivity contribution in [1.29, 1.82) is 0 Å². The van der Waals surface area contributed by atoms with Crippen molar-refractivity contribution in [2.24, 2.45) is 15.3 Å². The number of anilines is 2. The Morgan fingerprint density at radius 3 is 2.27 bits per heavy atom. The third-order valence-electron chi connectivity index (χ3n) is 9.80. The highest BCUT2D eigenvalue weighted by atomic mass is 16.6. The number of rotatable bonds is 8. The fourth-order valence-electron chi connectivity index (χ4n) is 7.08. The number of allylic oxidation sites excluding steroid dienone is 1. The minimum atomic E-state index is -0.550. The molecule has 12 nitrogen and oxygen atoms in total. The first kappa shape index (κ1) is 33.3. The van der Waals surface area contributed by atoms with E-state index in [1.54, 1.807) is 54.6 Å². The Bertz CT molecular complexity index is 2770. The number of hydrazone groups is 1. The maximum absolute atomic E-state index is 13.7. The molecule has 3 aliphatic rings. The molecule has 1 aliphatic heterocycles. The van der Waals surface area contributed by atoms with Crippen molar-refractivity contribution in [2.45, 2.75) is 6.61 Å². The van der Waals surface area contributed by atoms with E-state index in [2.05, 4.69) is 26.2 Å². The predicted octanol–water partition coefficient (Wildman–Crippen LogP) is 8.11. The van der Waals surface area contributed by atoms with E-state index < -0.39 is 17.6 Å². The number of imide groups is 1. The molecule has 6 aromatic rings. The minimum Gasteiger partial charge on any atom is -0.505 e. The molecule has 1 heterocycles. The number of carbonyl (C=O) groups is 4. The van der Waals surface area contributed by atoms with Gasteiger partial charge in [-0.2, -0.15) is 10.2 Å². The van der Waals surface area contributed by atoms with Crippen molar-refractivity contribution >= 4 is 68.2 Å². The van der Waals surface area contributed by atoms with Crippen LogP contribution in [0, 0.1) is 0 Å². The van der Waals surface area contributed by atoms with Crippen molar-refractivity contribution in [3.63, 3.8) is 0 Å². The van der Waals surface area contributed by atoms with Gasteiger partial charge in [-0.05, 0) is 65.0 Å². The molecule has 55 heavy (non-hydrogen) atoms. The highest BCUT2D eigenvalue weighted by Gasteiger charge is 2.39. The molecule has 0 atom stereocenters. The van der Waals surface area contributed by atoms with E-state index in [4.69, 9.17) is 4.84 Å². The third kappa shape index (κ3) is 5.64. The summed E-state index contributed by atoms with van der Waals surface area (Å²) in [6, 6.07) is 34.1. The van der Waals surface area contributed by atoms with E-state index in [0.717, 1.165) is 27.1 Å². The van der Waals surface area contributed by atoms with Crippen LogP contribution in [0.25, 0.3) is 27.5 Å². The quantitative estimate of drug-likeness (QED) is 0.0804. The summed E-state index contributed by atoms with van der Waals surface area (Å²) in [5, 5.41) is 26.1. The number of para-hydroxylation sites is 1. The van der Waals surface area contributed by atoms with Gasteiger partial charge in [-0.15, -0.1) is 5.11 Å². The second-order valence-corrected chi connectivity index (χ2v) is 13.1. The predicted molar refractivity (Wildman–Crippen MR) is 207 cm³/mol. The van der Waals surface area contributed by atoms with Gasteiger partial charge < -0.3 is 5.11 Å². The number of hydrogen-bond acceptors (Lipinski definition) is 11. The lowest BCUT2D eigenvalue weighted by Crippen LogP contribution is -2.41. The summed E-state index contributed by atoms with van der Waals surface area (Å²) in [5.41, 5.74) is 11.8. The number of nitrogens with zero attached hydrogens (tertiary/aromatic N) is 4. The fourth-order valence-corrected chi connectivity index (χ4v) is 7.08. The molecular formula is C43H28N6O6. The maximum atomic E-state index is 13.7. The summed E-state index contributed by atoms with van der Waals surface area (Å²) < 4.78 is 0. The molecule has 266 valence electrons. The first-order valence-electron chi connectivity index (χ1n) is 17.2. The van der Waals surface area contributed by atoms with Crippen molar-refractivity contribution in [1.82, 2.24) is 4.90 Å². The van der Waals surface area contributed by atoms with Gasteiger partial charge in [-0.1, -0.05) is 66.7 Å². The largest absolute Gasteiger partial charge is 0.505 e. The van der Waals surface area contributed by atoms with Crippen molar-refractivity contribution in [2.75, 3.05) is 18.0 Å².